The molecule has 5 nitrogen and oxygen atoms in total. The van der Waals surface area contributed by atoms with E-state index in [0.717, 1.165) is 42.5 Å². The summed E-state index contributed by atoms with van der Waals surface area (Å²) in [5.74, 6) is 1.08. The second-order valence-corrected chi connectivity index (χ2v) is 8.36. The molecule has 0 saturated carbocycles. The van der Waals surface area contributed by atoms with Crippen molar-refractivity contribution in [1.29, 1.82) is 0 Å². The van der Waals surface area contributed by atoms with Crippen LogP contribution in [0.3, 0.4) is 0 Å². The van der Waals surface area contributed by atoms with Gasteiger partial charge in [0.25, 0.3) is 0 Å². The summed E-state index contributed by atoms with van der Waals surface area (Å²) in [5, 5.41) is 3.73. The Morgan fingerprint density at radius 2 is 2.13 bits per heavy atom. The predicted octanol–water partition coefficient (Wildman–Crippen LogP) is 4.93. The minimum absolute atomic E-state index is 0.190. The Kier molecular flexibility index (Phi) is 8.36. The van der Waals surface area contributed by atoms with Gasteiger partial charge in [-0.1, -0.05) is 33.6 Å². The van der Waals surface area contributed by atoms with Gasteiger partial charge in [-0.05, 0) is 43.7 Å². The number of likely N-dealkylation sites (tertiary alicyclic amines) is 1. The van der Waals surface area contributed by atoms with E-state index in [1.165, 1.54) is 12.1 Å². The number of hydrogen-bond donors (Lipinski definition) is 1. The minimum Gasteiger partial charge on any atom is -0.493 e. The Labute approximate surface area is 189 Å². The summed E-state index contributed by atoms with van der Waals surface area (Å²) in [5.41, 5.74) is 1.61. The van der Waals surface area contributed by atoms with Gasteiger partial charge in [0.05, 0.1) is 12.1 Å². The third-order valence-corrected chi connectivity index (χ3v) is 6.12. The first-order valence-corrected chi connectivity index (χ1v) is 11.1. The highest BCUT2D eigenvalue weighted by Crippen LogP contribution is 2.37. The molecule has 1 fully saturated rings. The van der Waals surface area contributed by atoms with Gasteiger partial charge in [0.2, 0.25) is 5.91 Å². The number of benzene rings is 2. The topological polar surface area (TPSA) is 50.8 Å². The van der Waals surface area contributed by atoms with Crippen molar-refractivity contribution < 1.29 is 18.7 Å². The Hall–Kier alpha value is -1.83. The third kappa shape index (κ3) is 5.86. The number of methoxy groups -OCH3 is 1. The van der Waals surface area contributed by atoms with E-state index < -0.39 is 0 Å². The first kappa shape index (κ1) is 22.8. The van der Waals surface area contributed by atoms with E-state index in [9.17, 15) is 9.18 Å². The molecule has 1 heterocycles. The van der Waals surface area contributed by atoms with Crippen molar-refractivity contribution in [3.8, 4) is 11.5 Å². The monoisotopic (exact) mass is 498 g/mol. The van der Waals surface area contributed by atoms with Crippen molar-refractivity contribution in [2.45, 2.75) is 32.4 Å². The summed E-state index contributed by atoms with van der Waals surface area (Å²) < 4.78 is 25.7. The number of nitrogens with zero attached hydrogens (tertiary/aromatic N) is 1. The maximum Gasteiger partial charge on any atom is 0.222 e. The van der Waals surface area contributed by atoms with Crippen molar-refractivity contribution >= 4 is 33.4 Å². The smallest absolute Gasteiger partial charge is 0.222 e. The van der Waals surface area contributed by atoms with Crippen LogP contribution >= 0.6 is 27.5 Å². The van der Waals surface area contributed by atoms with Crippen LogP contribution < -0.4 is 14.8 Å². The Bertz CT molecular complexity index is 897. The number of halogens is 3. The molecule has 1 amide bonds. The first-order valence-electron chi connectivity index (χ1n) is 9.90. The lowest BCUT2D eigenvalue weighted by Crippen LogP contribution is -2.28. The van der Waals surface area contributed by atoms with Crippen molar-refractivity contribution in [2.75, 3.05) is 26.7 Å². The Morgan fingerprint density at radius 1 is 1.30 bits per heavy atom. The second kappa shape index (κ2) is 11.0. The molecule has 8 heteroatoms. The van der Waals surface area contributed by atoms with Crippen molar-refractivity contribution in [2.24, 2.45) is 0 Å². The van der Waals surface area contributed by atoms with Gasteiger partial charge in [-0.3, -0.25) is 4.79 Å². The van der Waals surface area contributed by atoms with Crippen LogP contribution in [0, 0.1) is 5.82 Å². The Balaban J connectivity index is 1.62. The van der Waals surface area contributed by atoms with Crippen LogP contribution in [0.2, 0.25) is 5.02 Å². The summed E-state index contributed by atoms with van der Waals surface area (Å²) in [6.45, 7) is 3.17. The second-order valence-electron chi connectivity index (χ2n) is 7.10. The van der Waals surface area contributed by atoms with Crippen molar-refractivity contribution in [1.82, 2.24) is 10.2 Å². The van der Waals surface area contributed by atoms with Gasteiger partial charge in [-0.2, -0.15) is 0 Å². The number of carbonyl (C=O) groups excluding carboxylic acids is 1. The molecule has 0 aliphatic carbocycles. The third-order valence-electron chi connectivity index (χ3n) is 5.03. The van der Waals surface area contributed by atoms with Crippen LogP contribution in [0.15, 0.2) is 34.8 Å². The fourth-order valence-electron chi connectivity index (χ4n) is 3.40. The molecule has 162 valence electrons. The molecule has 30 heavy (non-hydrogen) atoms. The standard InChI is InChI=1S/C22H25BrClFN2O3/c1-29-20-8-7-18(23)17(13-26-9-3-11-27-10-2-4-21(27)28)22(20)30-14-15-5-6-16(25)12-19(15)24/h5-8,12,26H,2-4,9-11,13-14H2,1H3. The summed E-state index contributed by atoms with van der Waals surface area (Å²) in [4.78, 5) is 13.6. The van der Waals surface area contributed by atoms with E-state index in [-0.39, 0.29) is 18.3 Å². The quantitative estimate of drug-likeness (QED) is 0.471. The van der Waals surface area contributed by atoms with Gasteiger partial charge >= 0.3 is 0 Å². The number of carbonyl (C=O) groups is 1. The average Bonchev–Trinajstić information content (AvgIpc) is 3.13. The molecular formula is C22H25BrClFN2O3. The summed E-state index contributed by atoms with van der Waals surface area (Å²) in [7, 11) is 1.59. The highest BCUT2D eigenvalue weighted by molar-refractivity contribution is 9.10. The minimum atomic E-state index is -0.385. The Morgan fingerprint density at radius 3 is 2.83 bits per heavy atom. The highest BCUT2D eigenvalue weighted by Gasteiger charge is 2.19. The zero-order valence-electron chi connectivity index (χ0n) is 16.8. The maximum atomic E-state index is 13.3. The number of amides is 1. The lowest BCUT2D eigenvalue weighted by molar-refractivity contribution is -0.127. The maximum absolute atomic E-state index is 13.3. The van der Waals surface area contributed by atoms with Crippen molar-refractivity contribution in [3.63, 3.8) is 0 Å². The molecule has 1 aliphatic heterocycles. The van der Waals surface area contributed by atoms with E-state index in [4.69, 9.17) is 21.1 Å². The normalized spacial score (nSPS) is 13.7. The molecule has 1 saturated heterocycles. The fraction of sp³-hybridized carbons (Fsp3) is 0.409. The number of hydrogen-bond acceptors (Lipinski definition) is 4. The van der Waals surface area contributed by atoms with Gasteiger partial charge in [0.1, 0.15) is 12.4 Å². The van der Waals surface area contributed by atoms with E-state index in [1.807, 2.05) is 17.0 Å². The lowest BCUT2D eigenvalue weighted by Gasteiger charge is -2.18. The molecule has 3 rings (SSSR count). The largest absolute Gasteiger partial charge is 0.493 e. The van der Waals surface area contributed by atoms with Crippen LogP contribution in [-0.4, -0.2) is 37.6 Å². The zero-order valence-corrected chi connectivity index (χ0v) is 19.2. The van der Waals surface area contributed by atoms with E-state index >= 15 is 0 Å². The molecule has 0 spiro atoms. The molecule has 0 aromatic heterocycles. The van der Waals surface area contributed by atoms with Crippen LogP contribution in [0.5, 0.6) is 11.5 Å². The van der Waals surface area contributed by atoms with Gasteiger partial charge in [0.15, 0.2) is 11.5 Å². The average molecular weight is 500 g/mol. The number of nitrogens with one attached hydrogen (secondary N) is 1. The molecule has 2 aromatic carbocycles. The number of rotatable bonds is 10. The summed E-state index contributed by atoms with van der Waals surface area (Å²) >= 11 is 9.71. The molecule has 0 radical (unpaired) electrons. The number of ether oxygens (including phenoxy) is 2. The van der Waals surface area contributed by atoms with E-state index in [2.05, 4.69) is 21.2 Å². The van der Waals surface area contributed by atoms with E-state index in [1.54, 1.807) is 13.2 Å². The SMILES string of the molecule is COc1ccc(Br)c(CNCCCN2CCCC2=O)c1OCc1ccc(F)cc1Cl. The van der Waals surface area contributed by atoms with Crippen LogP contribution in [0.25, 0.3) is 0 Å². The van der Waals surface area contributed by atoms with Gasteiger partial charge < -0.3 is 19.7 Å². The van der Waals surface area contributed by atoms with E-state index in [0.29, 0.717) is 35.1 Å². The molecule has 2 aromatic rings. The van der Waals surface area contributed by atoms with Gasteiger partial charge in [-0.15, -0.1) is 0 Å². The van der Waals surface area contributed by atoms with Crippen molar-refractivity contribution in [3.05, 3.63) is 56.8 Å². The molecule has 1 aliphatic rings. The predicted molar refractivity (Wildman–Crippen MR) is 119 cm³/mol. The molecule has 0 unspecified atom stereocenters. The van der Waals surface area contributed by atoms with Gasteiger partial charge in [-0.25, -0.2) is 4.39 Å². The van der Waals surface area contributed by atoms with Crippen LogP contribution in [-0.2, 0) is 17.9 Å². The summed E-state index contributed by atoms with van der Waals surface area (Å²) in [6.07, 6.45) is 2.51. The molecule has 0 bridgehead atoms. The molecule has 0 atom stereocenters. The van der Waals surface area contributed by atoms with Crippen LogP contribution in [0.1, 0.15) is 30.4 Å². The van der Waals surface area contributed by atoms with Gasteiger partial charge in [0, 0.05) is 41.7 Å². The zero-order chi connectivity index (χ0) is 21.5. The molecular weight excluding hydrogens is 475 g/mol. The highest BCUT2D eigenvalue weighted by atomic mass is 79.9. The molecule has 1 N–H and O–H groups in total. The summed E-state index contributed by atoms with van der Waals surface area (Å²) in [6, 6.07) is 7.98. The fourth-order valence-corrected chi connectivity index (χ4v) is 4.08. The lowest BCUT2D eigenvalue weighted by atomic mass is 10.1. The first-order chi connectivity index (χ1) is 14.5. The van der Waals surface area contributed by atoms with Crippen LogP contribution in [0.4, 0.5) is 4.39 Å².